The molecule has 0 amide bonds. The molecule has 0 spiro atoms. The average molecular weight is 251 g/mol. The summed E-state index contributed by atoms with van der Waals surface area (Å²) in [6, 6.07) is 5.70. The number of benzene rings is 1. The second-order valence-corrected chi connectivity index (χ2v) is 5.95. The Hall–Kier alpha value is -1.33. The van der Waals surface area contributed by atoms with Crippen LogP contribution in [-0.4, -0.2) is 23.2 Å². The molecule has 0 unspecified atom stereocenters. The highest BCUT2D eigenvalue weighted by molar-refractivity contribution is 7.22. The van der Waals surface area contributed by atoms with E-state index >= 15 is 0 Å². The summed E-state index contributed by atoms with van der Waals surface area (Å²) in [5.41, 5.74) is 7.29. The molecule has 0 radical (unpaired) electrons. The maximum absolute atomic E-state index is 9.17. The molecule has 4 nitrogen and oxygen atoms in total. The van der Waals surface area contributed by atoms with Crippen molar-refractivity contribution in [3.63, 3.8) is 0 Å². The zero-order valence-electron chi connectivity index (χ0n) is 10.0. The van der Waals surface area contributed by atoms with Crippen LogP contribution in [0.25, 0.3) is 10.2 Å². The zero-order valence-corrected chi connectivity index (χ0v) is 10.8. The van der Waals surface area contributed by atoms with Crippen molar-refractivity contribution in [2.45, 2.75) is 13.8 Å². The van der Waals surface area contributed by atoms with E-state index in [1.165, 1.54) is 0 Å². The third kappa shape index (κ3) is 2.87. The van der Waals surface area contributed by atoms with Gasteiger partial charge in [0.15, 0.2) is 5.13 Å². The quantitative estimate of drug-likeness (QED) is 0.729. The Labute approximate surface area is 104 Å². The van der Waals surface area contributed by atoms with E-state index in [0.717, 1.165) is 21.0 Å². The Morgan fingerprint density at radius 3 is 2.94 bits per heavy atom. The minimum Gasteiger partial charge on any atom is -0.399 e. The van der Waals surface area contributed by atoms with Crippen LogP contribution in [0.1, 0.15) is 13.8 Å². The molecule has 17 heavy (non-hydrogen) atoms. The molecule has 0 bridgehead atoms. The molecule has 4 N–H and O–H groups in total. The fourth-order valence-corrected chi connectivity index (χ4v) is 2.30. The molecule has 0 saturated heterocycles. The number of nitrogen functional groups attached to an aromatic ring is 1. The summed E-state index contributed by atoms with van der Waals surface area (Å²) in [7, 11) is 0. The first kappa shape index (κ1) is 12.1. The molecule has 0 saturated carbocycles. The molecule has 0 aliphatic rings. The van der Waals surface area contributed by atoms with Crippen molar-refractivity contribution in [3.05, 3.63) is 18.2 Å². The molecule has 92 valence electrons. The minimum atomic E-state index is -0.142. The van der Waals surface area contributed by atoms with Crippen LogP contribution < -0.4 is 11.1 Å². The van der Waals surface area contributed by atoms with E-state index in [1.54, 1.807) is 11.3 Å². The standard InChI is InChI=1S/C12H17N3OS/c1-12(2,7-16)6-14-11-15-9-4-3-8(13)5-10(9)17-11/h3-5,16H,6-7,13H2,1-2H3,(H,14,15). The predicted octanol–water partition coefficient (Wildman–Crippen LogP) is 2.31. The van der Waals surface area contributed by atoms with Gasteiger partial charge in [-0.3, -0.25) is 0 Å². The molecule has 2 rings (SSSR count). The third-order valence-corrected chi connectivity index (χ3v) is 3.53. The van der Waals surface area contributed by atoms with Crippen LogP contribution in [0.2, 0.25) is 0 Å². The highest BCUT2D eigenvalue weighted by Crippen LogP contribution is 2.28. The fourth-order valence-electron chi connectivity index (χ4n) is 1.39. The smallest absolute Gasteiger partial charge is 0.183 e. The molecule has 2 aromatic rings. The number of aromatic nitrogens is 1. The van der Waals surface area contributed by atoms with Gasteiger partial charge in [-0.15, -0.1) is 0 Å². The lowest BCUT2D eigenvalue weighted by molar-refractivity contribution is 0.171. The Bertz CT molecular complexity index is 521. The van der Waals surface area contributed by atoms with Crippen molar-refractivity contribution in [3.8, 4) is 0 Å². The van der Waals surface area contributed by atoms with Gasteiger partial charge >= 0.3 is 0 Å². The minimum absolute atomic E-state index is 0.142. The number of hydrogen-bond donors (Lipinski definition) is 3. The van der Waals surface area contributed by atoms with Crippen molar-refractivity contribution in [1.29, 1.82) is 0 Å². The molecule has 1 aromatic heterocycles. The van der Waals surface area contributed by atoms with Gasteiger partial charge in [0.1, 0.15) is 0 Å². The SMILES string of the molecule is CC(C)(CO)CNc1nc2ccc(N)cc2s1. The lowest BCUT2D eigenvalue weighted by Gasteiger charge is -2.21. The van der Waals surface area contributed by atoms with E-state index < -0.39 is 0 Å². The van der Waals surface area contributed by atoms with E-state index in [-0.39, 0.29) is 12.0 Å². The van der Waals surface area contributed by atoms with E-state index in [0.29, 0.717) is 6.54 Å². The van der Waals surface area contributed by atoms with Gasteiger partial charge in [-0.05, 0) is 18.2 Å². The number of nitrogens with zero attached hydrogens (tertiary/aromatic N) is 1. The molecule has 0 atom stereocenters. The van der Waals surface area contributed by atoms with Crippen LogP contribution in [0.15, 0.2) is 18.2 Å². The Morgan fingerprint density at radius 2 is 2.24 bits per heavy atom. The summed E-state index contributed by atoms with van der Waals surface area (Å²) < 4.78 is 1.08. The molecule has 0 aliphatic carbocycles. The maximum atomic E-state index is 9.17. The zero-order chi connectivity index (χ0) is 12.5. The van der Waals surface area contributed by atoms with Gasteiger partial charge in [-0.1, -0.05) is 25.2 Å². The van der Waals surface area contributed by atoms with Gasteiger partial charge in [-0.25, -0.2) is 4.98 Å². The lowest BCUT2D eigenvalue weighted by Crippen LogP contribution is -2.26. The van der Waals surface area contributed by atoms with E-state index in [2.05, 4.69) is 10.3 Å². The molecule has 0 fully saturated rings. The normalized spacial score (nSPS) is 11.9. The first-order valence-corrected chi connectivity index (χ1v) is 6.33. The van der Waals surface area contributed by atoms with Crippen LogP contribution in [-0.2, 0) is 0 Å². The van der Waals surface area contributed by atoms with E-state index in [1.807, 2.05) is 32.0 Å². The van der Waals surface area contributed by atoms with Gasteiger partial charge in [-0.2, -0.15) is 0 Å². The number of aliphatic hydroxyl groups is 1. The summed E-state index contributed by atoms with van der Waals surface area (Å²) >= 11 is 1.58. The number of hydrogen-bond acceptors (Lipinski definition) is 5. The van der Waals surface area contributed by atoms with Gasteiger partial charge < -0.3 is 16.2 Å². The third-order valence-electron chi connectivity index (χ3n) is 2.56. The van der Waals surface area contributed by atoms with Crippen molar-refractivity contribution in [2.75, 3.05) is 24.2 Å². The number of aliphatic hydroxyl groups excluding tert-OH is 1. The van der Waals surface area contributed by atoms with Crippen LogP contribution in [0.4, 0.5) is 10.8 Å². The number of fused-ring (bicyclic) bond motifs is 1. The number of rotatable bonds is 4. The highest BCUT2D eigenvalue weighted by Gasteiger charge is 2.16. The first-order valence-electron chi connectivity index (χ1n) is 5.51. The van der Waals surface area contributed by atoms with Crippen LogP contribution >= 0.6 is 11.3 Å². The molecular weight excluding hydrogens is 234 g/mol. The summed E-state index contributed by atoms with van der Waals surface area (Å²) in [5, 5.41) is 13.3. The largest absolute Gasteiger partial charge is 0.399 e. The second kappa shape index (κ2) is 4.50. The van der Waals surface area contributed by atoms with Crippen molar-refractivity contribution in [1.82, 2.24) is 4.98 Å². The summed E-state index contributed by atoms with van der Waals surface area (Å²) in [6.45, 7) is 4.85. The fraction of sp³-hybridized carbons (Fsp3) is 0.417. The van der Waals surface area contributed by atoms with Crippen molar-refractivity contribution in [2.24, 2.45) is 5.41 Å². The van der Waals surface area contributed by atoms with Crippen LogP contribution in [0.5, 0.6) is 0 Å². The first-order chi connectivity index (χ1) is 8.00. The summed E-state index contributed by atoms with van der Waals surface area (Å²) in [6.07, 6.45) is 0. The van der Waals surface area contributed by atoms with Gasteiger partial charge in [0.2, 0.25) is 0 Å². The number of nitrogens with two attached hydrogens (primary N) is 1. The Balaban J connectivity index is 2.15. The second-order valence-electron chi connectivity index (χ2n) is 4.92. The number of nitrogens with one attached hydrogen (secondary N) is 1. The molecular formula is C12H17N3OS. The Kier molecular flexibility index (Phi) is 3.22. The molecule has 5 heteroatoms. The summed E-state index contributed by atoms with van der Waals surface area (Å²) in [4.78, 5) is 4.46. The van der Waals surface area contributed by atoms with E-state index in [9.17, 15) is 5.11 Å². The topological polar surface area (TPSA) is 71.2 Å². The maximum Gasteiger partial charge on any atom is 0.183 e. The van der Waals surface area contributed by atoms with Crippen LogP contribution in [0.3, 0.4) is 0 Å². The number of thiazole rings is 1. The predicted molar refractivity (Wildman–Crippen MR) is 73.4 cm³/mol. The molecule has 1 heterocycles. The van der Waals surface area contributed by atoms with Gasteiger partial charge in [0.05, 0.1) is 10.2 Å². The molecule has 1 aromatic carbocycles. The lowest BCUT2D eigenvalue weighted by atomic mass is 9.95. The average Bonchev–Trinajstić information content (AvgIpc) is 2.68. The van der Waals surface area contributed by atoms with Gasteiger partial charge in [0.25, 0.3) is 0 Å². The van der Waals surface area contributed by atoms with Crippen molar-refractivity contribution < 1.29 is 5.11 Å². The van der Waals surface area contributed by atoms with Gasteiger partial charge in [0, 0.05) is 24.3 Å². The molecule has 0 aliphatic heterocycles. The summed E-state index contributed by atoms with van der Waals surface area (Å²) in [5.74, 6) is 0. The van der Waals surface area contributed by atoms with Crippen molar-refractivity contribution >= 4 is 32.4 Å². The van der Waals surface area contributed by atoms with E-state index in [4.69, 9.17) is 5.73 Å². The Morgan fingerprint density at radius 1 is 1.47 bits per heavy atom. The highest BCUT2D eigenvalue weighted by atomic mass is 32.1. The number of anilines is 2. The monoisotopic (exact) mass is 251 g/mol. The van der Waals surface area contributed by atoms with Crippen LogP contribution in [0, 0.1) is 5.41 Å².